The summed E-state index contributed by atoms with van der Waals surface area (Å²) in [6.45, 7) is 0.431. The van der Waals surface area contributed by atoms with Gasteiger partial charge in [-0.05, 0) is 54.1 Å². The highest BCUT2D eigenvalue weighted by molar-refractivity contribution is 9.11. The lowest BCUT2D eigenvalue weighted by atomic mass is 10.2. The molecule has 0 heterocycles. The van der Waals surface area contributed by atoms with Crippen molar-refractivity contribution in [2.75, 3.05) is 0 Å². The summed E-state index contributed by atoms with van der Waals surface area (Å²) in [5.41, 5.74) is 4.06. The van der Waals surface area contributed by atoms with Gasteiger partial charge in [0.2, 0.25) is 0 Å². The molecular formula is C21H15Br2FN2O2. The molecule has 0 atom stereocenters. The van der Waals surface area contributed by atoms with Crippen molar-refractivity contribution in [2.24, 2.45) is 5.10 Å². The quantitative estimate of drug-likeness (QED) is 0.345. The SMILES string of the molecule is O=C(N/N=C\c1ccc(OCc2ccc(Br)cc2Br)cc1)c1ccccc1F. The van der Waals surface area contributed by atoms with Crippen LogP contribution in [0.1, 0.15) is 21.5 Å². The van der Waals surface area contributed by atoms with Crippen molar-refractivity contribution in [3.63, 3.8) is 0 Å². The van der Waals surface area contributed by atoms with Gasteiger partial charge in [-0.2, -0.15) is 5.10 Å². The molecule has 3 aromatic carbocycles. The molecule has 3 aromatic rings. The van der Waals surface area contributed by atoms with Crippen LogP contribution in [0, 0.1) is 5.82 Å². The fourth-order valence-electron chi connectivity index (χ4n) is 2.32. The summed E-state index contributed by atoms with van der Waals surface area (Å²) < 4.78 is 21.3. The largest absolute Gasteiger partial charge is 0.489 e. The van der Waals surface area contributed by atoms with E-state index in [9.17, 15) is 9.18 Å². The third kappa shape index (κ3) is 5.50. The highest BCUT2D eigenvalue weighted by Gasteiger charge is 2.09. The molecule has 0 unspecified atom stereocenters. The van der Waals surface area contributed by atoms with Crippen LogP contribution in [-0.4, -0.2) is 12.1 Å². The summed E-state index contributed by atoms with van der Waals surface area (Å²) in [6.07, 6.45) is 1.48. The molecule has 0 radical (unpaired) electrons. The van der Waals surface area contributed by atoms with Gasteiger partial charge in [0, 0.05) is 14.5 Å². The van der Waals surface area contributed by atoms with Crippen molar-refractivity contribution in [2.45, 2.75) is 6.61 Å². The van der Waals surface area contributed by atoms with Crippen LogP contribution in [0.5, 0.6) is 5.75 Å². The highest BCUT2D eigenvalue weighted by atomic mass is 79.9. The first-order chi connectivity index (χ1) is 13.5. The van der Waals surface area contributed by atoms with Crippen LogP contribution < -0.4 is 10.2 Å². The van der Waals surface area contributed by atoms with Gasteiger partial charge in [0.25, 0.3) is 5.91 Å². The maximum Gasteiger partial charge on any atom is 0.274 e. The number of carbonyl (C=O) groups excluding carboxylic acids is 1. The first-order valence-electron chi connectivity index (χ1n) is 8.27. The minimum atomic E-state index is -0.602. The molecule has 4 nitrogen and oxygen atoms in total. The van der Waals surface area contributed by atoms with E-state index in [0.717, 1.165) is 20.1 Å². The number of hydrogen-bond donors (Lipinski definition) is 1. The van der Waals surface area contributed by atoms with Gasteiger partial charge >= 0.3 is 0 Å². The number of hydrazone groups is 1. The average Bonchev–Trinajstić information content (AvgIpc) is 2.68. The molecule has 0 bridgehead atoms. The minimum Gasteiger partial charge on any atom is -0.489 e. The average molecular weight is 506 g/mol. The maximum atomic E-state index is 13.5. The molecule has 0 aromatic heterocycles. The van der Waals surface area contributed by atoms with Crippen LogP contribution in [0.2, 0.25) is 0 Å². The van der Waals surface area contributed by atoms with Crippen molar-refractivity contribution >= 4 is 44.0 Å². The summed E-state index contributed by atoms with van der Waals surface area (Å²) in [7, 11) is 0. The third-order valence-corrected chi connectivity index (χ3v) is 5.02. The van der Waals surface area contributed by atoms with Gasteiger partial charge in [-0.25, -0.2) is 9.82 Å². The lowest BCUT2D eigenvalue weighted by molar-refractivity contribution is 0.0951. The number of benzene rings is 3. The lowest BCUT2D eigenvalue weighted by Crippen LogP contribution is -2.18. The van der Waals surface area contributed by atoms with E-state index in [1.807, 2.05) is 42.5 Å². The number of hydrogen-bond acceptors (Lipinski definition) is 3. The van der Waals surface area contributed by atoms with E-state index in [1.54, 1.807) is 6.07 Å². The molecule has 142 valence electrons. The van der Waals surface area contributed by atoms with E-state index in [2.05, 4.69) is 42.4 Å². The van der Waals surface area contributed by atoms with E-state index in [0.29, 0.717) is 12.4 Å². The normalized spacial score (nSPS) is 10.8. The molecular weight excluding hydrogens is 491 g/mol. The summed E-state index contributed by atoms with van der Waals surface area (Å²) >= 11 is 6.93. The molecule has 28 heavy (non-hydrogen) atoms. The zero-order valence-corrected chi connectivity index (χ0v) is 17.7. The number of rotatable bonds is 6. The number of nitrogens with zero attached hydrogens (tertiary/aromatic N) is 1. The molecule has 1 N–H and O–H groups in total. The Balaban J connectivity index is 1.54. The van der Waals surface area contributed by atoms with Crippen molar-refractivity contribution in [1.82, 2.24) is 5.43 Å². The second-order valence-electron chi connectivity index (χ2n) is 5.77. The van der Waals surface area contributed by atoms with Gasteiger partial charge in [0.1, 0.15) is 18.2 Å². The number of nitrogens with one attached hydrogen (secondary N) is 1. The van der Waals surface area contributed by atoms with Crippen molar-refractivity contribution < 1.29 is 13.9 Å². The smallest absolute Gasteiger partial charge is 0.274 e. The first-order valence-corrected chi connectivity index (χ1v) is 9.86. The molecule has 0 aliphatic heterocycles. The summed E-state index contributed by atoms with van der Waals surface area (Å²) in [4.78, 5) is 11.9. The molecule has 0 saturated carbocycles. The van der Waals surface area contributed by atoms with Gasteiger partial charge in [-0.15, -0.1) is 0 Å². The number of ether oxygens (including phenoxy) is 1. The zero-order valence-electron chi connectivity index (χ0n) is 14.5. The predicted molar refractivity (Wildman–Crippen MR) is 114 cm³/mol. The van der Waals surface area contributed by atoms with Gasteiger partial charge in [0.15, 0.2) is 0 Å². The Morgan fingerprint density at radius 3 is 2.54 bits per heavy atom. The van der Waals surface area contributed by atoms with Crippen LogP contribution in [0.4, 0.5) is 4.39 Å². The number of amides is 1. The standard InChI is InChI=1S/C21H15Br2FN2O2/c22-16-8-7-15(19(23)11-16)13-28-17-9-5-14(6-10-17)12-25-26-21(27)18-3-1-2-4-20(18)24/h1-12H,13H2,(H,26,27)/b25-12-. The molecule has 0 aliphatic carbocycles. The van der Waals surface area contributed by atoms with Gasteiger partial charge < -0.3 is 4.74 Å². The minimum absolute atomic E-state index is 0.0532. The van der Waals surface area contributed by atoms with E-state index < -0.39 is 11.7 Å². The Morgan fingerprint density at radius 1 is 1.07 bits per heavy atom. The highest BCUT2D eigenvalue weighted by Crippen LogP contribution is 2.23. The summed E-state index contributed by atoms with van der Waals surface area (Å²) in [6, 6.07) is 18.9. The molecule has 0 fully saturated rings. The van der Waals surface area contributed by atoms with Crippen LogP contribution in [0.15, 0.2) is 80.8 Å². The van der Waals surface area contributed by atoms with E-state index in [1.165, 1.54) is 24.4 Å². The molecule has 1 amide bonds. The van der Waals surface area contributed by atoms with Crippen LogP contribution >= 0.6 is 31.9 Å². The molecule has 0 spiro atoms. The van der Waals surface area contributed by atoms with Crippen molar-refractivity contribution in [3.8, 4) is 5.75 Å². The number of carbonyl (C=O) groups is 1. The Bertz CT molecular complexity index is 1010. The molecule has 3 rings (SSSR count). The van der Waals surface area contributed by atoms with E-state index in [-0.39, 0.29) is 5.56 Å². The zero-order chi connectivity index (χ0) is 19.9. The van der Waals surface area contributed by atoms with Crippen LogP contribution in [-0.2, 0) is 6.61 Å². The topological polar surface area (TPSA) is 50.7 Å². The van der Waals surface area contributed by atoms with E-state index in [4.69, 9.17) is 4.74 Å². The van der Waals surface area contributed by atoms with Crippen molar-refractivity contribution in [1.29, 1.82) is 0 Å². The second-order valence-corrected chi connectivity index (χ2v) is 7.54. The van der Waals surface area contributed by atoms with Crippen LogP contribution in [0.3, 0.4) is 0 Å². The number of halogens is 3. The lowest BCUT2D eigenvalue weighted by Gasteiger charge is -2.08. The summed E-state index contributed by atoms with van der Waals surface area (Å²) in [5.74, 6) is -0.481. The first kappa shape index (κ1) is 20.2. The Kier molecular flexibility index (Phi) is 6.95. The predicted octanol–water partition coefficient (Wildman–Crippen LogP) is 5.69. The fraction of sp³-hybridized carbons (Fsp3) is 0.0476. The molecule has 7 heteroatoms. The van der Waals surface area contributed by atoms with Crippen LogP contribution in [0.25, 0.3) is 0 Å². The third-order valence-electron chi connectivity index (χ3n) is 3.79. The summed E-state index contributed by atoms with van der Waals surface area (Å²) in [5, 5.41) is 3.86. The Morgan fingerprint density at radius 2 is 1.82 bits per heavy atom. The Hall–Kier alpha value is -2.51. The molecule has 0 aliphatic rings. The fourth-order valence-corrected chi connectivity index (χ4v) is 3.48. The van der Waals surface area contributed by atoms with Crippen molar-refractivity contribution in [3.05, 3.63) is 98.2 Å². The molecule has 0 saturated heterocycles. The van der Waals surface area contributed by atoms with Gasteiger partial charge in [-0.1, -0.05) is 50.1 Å². The van der Waals surface area contributed by atoms with E-state index >= 15 is 0 Å². The second kappa shape index (κ2) is 9.61. The monoisotopic (exact) mass is 504 g/mol. The Labute approximate surface area is 178 Å². The van der Waals surface area contributed by atoms with Gasteiger partial charge in [0.05, 0.1) is 11.8 Å². The maximum absolute atomic E-state index is 13.5. The van der Waals surface area contributed by atoms with Gasteiger partial charge in [-0.3, -0.25) is 4.79 Å².